The maximum atomic E-state index is 12.4. The number of aromatic amines is 1. The van der Waals surface area contributed by atoms with Crippen molar-refractivity contribution in [2.75, 3.05) is 6.54 Å². The molecule has 4 heterocycles. The number of hydrogen-bond donors (Lipinski definition) is 1. The Morgan fingerprint density at radius 3 is 3.08 bits per heavy atom. The zero-order valence-electron chi connectivity index (χ0n) is 13.3. The molecule has 1 aliphatic heterocycles. The Labute approximate surface area is 143 Å². The van der Waals surface area contributed by atoms with Gasteiger partial charge in [0.15, 0.2) is 0 Å². The van der Waals surface area contributed by atoms with E-state index in [-0.39, 0.29) is 5.56 Å². The van der Waals surface area contributed by atoms with Gasteiger partial charge in [-0.15, -0.1) is 11.3 Å². The monoisotopic (exact) mass is 339 g/mol. The Kier molecular flexibility index (Phi) is 3.95. The molecule has 122 valence electrons. The van der Waals surface area contributed by atoms with Gasteiger partial charge < -0.3 is 4.98 Å². The van der Waals surface area contributed by atoms with Crippen LogP contribution in [0.5, 0.6) is 0 Å². The van der Waals surface area contributed by atoms with Gasteiger partial charge >= 0.3 is 0 Å². The van der Waals surface area contributed by atoms with Crippen molar-refractivity contribution in [2.45, 2.75) is 26.4 Å². The summed E-state index contributed by atoms with van der Waals surface area (Å²) in [5.41, 5.74) is 5.43. The Hall–Kier alpha value is -2.38. The largest absolute Gasteiger partial charge is 0.306 e. The minimum atomic E-state index is -0.0347. The van der Waals surface area contributed by atoms with Crippen LogP contribution in [0.3, 0.4) is 0 Å². The zero-order valence-corrected chi connectivity index (χ0v) is 14.1. The minimum Gasteiger partial charge on any atom is -0.306 e. The van der Waals surface area contributed by atoms with E-state index in [1.807, 2.05) is 24.6 Å². The Balaban J connectivity index is 1.64. The SMILES string of the molecule is Cc1ncsc1CN1CCc2c(nc(-c3cccnc3)[nH]c2=O)C1. The molecule has 3 aromatic rings. The van der Waals surface area contributed by atoms with Crippen LogP contribution in [0.15, 0.2) is 34.8 Å². The van der Waals surface area contributed by atoms with Crippen molar-refractivity contribution in [1.29, 1.82) is 0 Å². The van der Waals surface area contributed by atoms with Gasteiger partial charge in [0, 0.05) is 48.0 Å². The summed E-state index contributed by atoms with van der Waals surface area (Å²) >= 11 is 1.68. The van der Waals surface area contributed by atoms with Crippen LogP contribution in [0.25, 0.3) is 11.4 Å². The smallest absolute Gasteiger partial charge is 0.254 e. The average Bonchev–Trinajstić information content (AvgIpc) is 3.00. The third-order valence-corrected chi connectivity index (χ3v) is 5.22. The predicted octanol–water partition coefficient (Wildman–Crippen LogP) is 2.16. The second kappa shape index (κ2) is 6.26. The average molecular weight is 339 g/mol. The molecule has 1 N–H and O–H groups in total. The number of H-pyrrole nitrogens is 1. The molecule has 3 aromatic heterocycles. The van der Waals surface area contributed by atoms with E-state index in [1.54, 1.807) is 23.7 Å². The van der Waals surface area contributed by atoms with E-state index in [2.05, 4.69) is 19.9 Å². The molecule has 7 heteroatoms. The number of aromatic nitrogens is 4. The number of rotatable bonds is 3. The minimum absolute atomic E-state index is 0.0347. The van der Waals surface area contributed by atoms with Crippen LogP contribution in [0, 0.1) is 6.92 Å². The van der Waals surface area contributed by atoms with E-state index in [0.717, 1.165) is 42.0 Å². The fraction of sp³-hybridized carbons (Fsp3) is 0.294. The van der Waals surface area contributed by atoms with Gasteiger partial charge in [-0.05, 0) is 25.5 Å². The van der Waals surface area contributed by atoms with Gasteiger partial charge in [0.05, 0.1) is 16.9 Å². The molecule has 0 unspecified atom stereocenters. The molecule has 24 heavy (non-hydrogen) atoms. The quantitative estimate of drug-likeness (QED) is 0.791. The predicted molar refractivity (Wildman–Crippen MR) is 92.8 cm³/mol. The molecule has 0 aliphatic carbocycles. The highest BCUT2D eigenvalue weighted by atomic mass is 32.1. The van der Waals surface area contributed by atoms with E-state index < -0.39 is 0 Å². The third kappa shape index (κ3) is 2.88. The molecule has 0 fully saturated rings. The first-order valence-electron chi connectivity index (χ1n) is 7.84. The van der Waals surface area contributed by atoms with Crippen LogP contribution < -0.4 is 5.56 Å². The van der Waals surface area contributed by atoms with Gasteiger partial charge in [-0.1, -0.05) is 0 Å². The lowest BCUT2D eigenvalue weighted by Gasteiger charge is -2.27. The van der Waals surface area contributed by atoms with E-state index >= 15 is 0 Å². The molecule has 0 atom stereocenters. The molecule has 0 aromatic carbocycles. The highest BCUT2D eigenvalue weighted by Crippen LogP contribution is 2.21. The normalized spacial score (nSPS) is 14.5. The topological polar surface area (TPSA) is 74.8 Å². The molecular weight excluding hydrogens is 322 g/mol. The molecular formula is C17H17N5OS. The number of nitrogens with zero attached hydrogens (tertiary/aromatic N) is 4. The molecule has 0 bridgehead atoms. The molecule has 0 amide bonds. The first-order chi connectivity index (χ1) is 11.7. The summed E-state index contributed by atoms with van der Waals surface area (Å²) in [5.74, 6) is 0.586. The van der Waals surface area contributed by atoms with Gasteiger partial charge in [0.1, 0.15) is 5.82 Å². The molecule has 6 nitrogen and oxygen atoms in total. The number of thiazole rings is 1. The first kappa shape index (κ1) is 15.2. The van der Waals surface area contributed by atoms with Crippen LogP contribution in [-0.2, 0) is 19.5 Å². The van der Waals surface area contributed by atoms with E-state index in [4.69, 9.17) is 4.98 Å². The van der Waals surface area contributed by atoms with Crippen molar-refractivity contribution >= 4 is 11.3 Å². The van der Waals surface area contributed by atoms with Crippen molar-refractivity contribution in [1.82, 2.24) is 24.8 Å². The summed E-state index contributed by atoms with van der Waals surface area (Å²) in [6.45, 7) is 4.44. The fourth-order valence-electron chi connectivity index (χ4n) is 2.95. The number of fused-ring (bicyclic) bond motifs is 1. The summed E-state index contributed by atoms with van der Waals surface area (Å²) < 4.78 is 0. The molecule has 1 aliphatic rings. The van der Waals surface area contributed by atoms with Crippen molar-refractivity contribution in [3.8, 4) is 11.4 Å². The molecule has 0 saturated carbocycles. The summed E-state index contributed by atoms with van der Waals surface area (Å²) in [4.78, 5) is 32.0. The number of aryl methyl sites for hydroxylation is 1. The van der Waals surface area contributed by atoms with Crippen molar-refractivity contribution in [3.63, 3.8) is 0 Å². The number of nitrogens with one attached hydrogen (secondary N) is 1. The Bertz CT molecular complexity index is 918. The number of hydrogen-bond acceptors (Lipinski definition) is 6. The van der Waals surface area contributed by atoms with Crippen LogP contribution in [0.2, 0.25) is 0 Å². The van der Waals surface area contributed by atoms with E-state index in [1.165, 1.54) is 4.88 Å². The lowest BCUT2D eigenvalue weighted by Crippen LogP contribution is -2.35. The second-order valence-corrected chi connectivity index (χ2v) is 6.84. The van der Waals surface area contributed by atoms with Gasteiger partial charge in [0.25, 0.3) is 5.56 Å². The van der Waals surface area contributed by atoms with Crippen LogP contribution >= 0.6 is 11.3 Å². The van der Waals surface area contributed by atoms with Gasteiger partial charge in [-0.3, -0.25) is 14.7 Å². The summed E-state index contributed by atoms with van der Waals surface area (Å²) in [5, 5.41) is 0. The standard InChI is InChI=1S/C17H17N5OS/c1-11-15(24-10-19-11)9-22-6-4-13-14(8-22)20-16(21-17(13)23)12-3-2-5-18-7-12/h2-3,5,7,10H,4,6,8-9H2,1H3,(H,20,21,23). The van der Waals surface area contributed by atoms with Crippen LogP contribution in [0.1, 0.15) is 21.8 Å². The molecule has 0 spiro atoms. The van der Waals surface area contributed by atoms with Gasteiger partial charge in [-0.2, -0.15) is 0 Å². The summed E-state index contributed by atoms with van der Waals surface area (Å²) in [6, 6.07) is 3.74. The van der Waals surface area contributed by atoms with E-state index in [9.17, 15) is 4.79 Å². The Morgan fingerprint density at radius 2 is 2.33 bits per heavy atom. The van der Waals surface area contributed by atoms with Gasteiger partial charge in [-0.25, -0.2) is 9.97 Å². The lowest BCUT2D eigenvalue weighted by molar-refractivity contribution is 0.242. The lowest BCUT2D eigenvalue weighted by atomic mass is 10.1. The maximum Gasteiger partial charge on any atom is 0.254 e. The molecule has 0 radical (unpaired) electrons. The Morgan fingerprint density at radius 1 is 1.42 bits per heavy atom. The van der Waals surface area contributed by atoms with Crippen LogP contribution in [0.4, 0.5) is 0 Å². The highest BCUT2D eigenvalue weighted by molar-refractivity contribution is 7.09. The van der Waals surface area contributed by atoms with Gasteiger partial charge in [0.2, 0.25) is 0 Å². The fourth-order valence-corrected chi connectivity index (χ4v) is 3.77. The van der Waals surface area contributed by atoms with Crippen molar-refractivity contribution in [3.05, 3.63) is 62.2 Å². The molecule has 0 saturated heterocycles. The second-order valence-electron chi connectivity index (χ2n) is 5.90. The number of pyridine rings is 1. The summed E-state index contributed by atoms with van der Waals surface area (Å²) in [6.07, 6.45) is 4.15. The highest BCUT2D eigenvalue weighted by Gasteiger charge is 2.22. The maximum absolute atomic E-state index is 12.4. The summed E-state index contributed by atoms with van der Waals surface area (Å²) in [7, 11) is 0. The third-order valence-electron chi connectivity index (χ3n) is 4.30. The van der Waals surface area contributed by atoms with Crippen molar-refractivity contribution in [2.24, 2.45) is 0 Å². The zero-order chi connectivity index (χ0) is 16.5. The first-order valence-corrected chi connectivity index (χ1v) is 8.72. The van der Waals surface area contributed by atoms with Crippen molar-refractivity contribution < 1.29 is 0 Å². The van der Waals surface area contributed by atoms with Crippen LogP contribution in [-0.4, -0.2) is 31.4 Å². The molecule has 4 rings (SSSR count). The van der Waals surface area contributed by atoms with E-state index in [0.29, 0.717) is 12.4 Å².